The van der Waals surface area contributed by atoms with E-state index in [1.807, 2.05) is 0 Å². The highest BCUT2D eigenvalue weighted by atomic mass is 31.2. The number of rotatable bonds is 3. The molecule has 0 heterocycles. The molecule has 0 aromatic carbocycles. The predicted molar refractivity (Wildman–Crippen MR) is 37.1 cm³/mol. The Bertz CT molecular complexity index is 118. The maximum atomic E-state index is 11.2. The average molecular weight is 152 g/mol. The third-order valence-corrected chi connectivity index (χ3v) is 3.39. The number of hydrogen-bond acceptors (Lipinski definition) is 3. The largest absolute Gasteiger partial charge is 0.320 e. The van der Waals surface area contributed by atoms with Crippen LogP contribution in [0.1, 0.15) is 13.8 Å². The minimum atomic E-state index is -2.73. The molecule has 0 spiro atoms. The SMILES string of the molecule is COP(=O)(NN)C(C)C. The van der Waals surface area contributed by atoms with Gasteiger partial charge in [-0.2, -0.15) is 5.20 Å². The van der Waals surface area contributed by atoms with Gasteiger partial charge in [0.05, 0.1) is 0 Å². The summed E-state index contributed by atoms with van der Waals surface area (Å²) in [6.45, 7) is 3.56. The van der Waals surface area contributed by atoms with E-state index in [0.717, 1.165) is 0 Å². The van der Waals surface area contributed by atoms with Gasteiger partial charge in [0.25, 0.3) is 7.52 Å². The average Bonchev–Trinajstić information content (AvgIpc) is 1.86. The molecule has 3 N–H and O–H groups in total. The molecule has 0 aromatic heterocycles. The van der Waals surface area contributed by atoms with Crippen LogP contribution in [-0.4, -0.2) is 12.8 Å². The Morgan fingerprint density at radius 3 is 2.11 bits per heavy atom. The van der Waals surface area contributed by atoms with Gasteiger partial charge in [-0.15, -0.1) is 0 Å². The van der Waals surface area contributed by atoms with Crippen LogP contribution < -0.4 is 11.0 Å². The summed E-state index contributed by atoms with van der Waals surface area (Å²) in [4.78, 5) is 0. The molecule has 0 aromatic rings. The summed E-state index contributed by atoms with van der Waals surface area (Å²) in [5.74, 6) is 4.98. The molecular weight excluding hydrogens is 139 g/mol. The first-order valence-electron chi connectivity index (χ1n) is 2.70. The topological polar surface area (TPSA) is 64.3 Å². The van der Waals surface area contributed by atoms with Gasteiger partial charge in [-0.25, -0.2) is 0 Å². The molecule has 0 saturated carbocycles. The number of hydrazine groups is 1. The van der Waals surface area contributed by atoms with Crippen molar-refractivity contribution in [3.8, 4) is 0 Å². The molecule has 0 aliphatic heterocycles. The zero-order valence-corrected chi connectivity index (χ0v) is 6.81. The van der Waals surface area contributed by atoms with E-state index in [4.69, 9.17) is 5.84 Å². The summed E-state index contributed by atoms with van der Waals surface area (Å²) >= 11 is 0. The van der Waals surface area contributed by atoms with Gasteiger partial charge in [0.15, 0.2) is 0 Å². The van der Waals surface area contributed by atoms with Crippen LogP contribution in [0.25, 0.3) is 0 Å². The summed E-state index contributed by atoms with van der Waals surface area (Å²) in [5.41, 5.74) is -0.0764. The Kier molecular flexibility index (Phi) is 3.36. The van der Waals surface area contributed by atoms with Gasteiger partial charge in [-0.3, -0.25) is 10.4 Å². The van der Waals surface area contributed by atoms with Gasteiger partial charge < -0.3 is 4.52 Å². The van der Waals surface area contributed by atoms with Crippen LogP contribution >= 0.6 is 7.52 Å². The minimum Gasteiger partial charge on any atom is -0.320 e. The van der Waals surface area contributed by atoms with Crippen LogP contribution in [0.4, 0.5) is 0 Å². The van der Waals surface area contributed by atoms with Crippen LogP contribution in [0.15, 0.2) is 0 Å². The lowest BCUT2D eigenvalue weighted by Crippen LogP contribution is -2.23. The van der Waals surface area contributed by atoms with Gasteiger partial charge in [-0.1, -0.05) is 13.8 Å². The molecule has 1 unspecified atom stereocenters. The van der Waals surface area contributed by atoms with Crippen LogP contribution in [-0.2, 0) is 9.09 Å². The normalized spacial score (nSPS) is 17.9. The van der Waals surface area contributed by atoms with Crippen molar-refractivity contribution in [3.63, 3.8) is 0 Å². The third kappa shape index (κ3) is 2.06. The van der Waals surface area contributed by atoms with Crippen molar-refractivity contribution >= 4 is 7.52 Å². The lowest BCUT2D eigenvalue weighted by atomic mass is 10.6. The van der Waals surface area contributed by atoms with Gasteiger partial charge in [0, 0.05) is 12.8 Å². The highest BCUT2D eigenvalue weighted by Gasteiger charge is 2.23. The summed E-state index contributed by atoms with van der Waals surface area (Å²) < 4.78 is 15.9. The molecule has 0 bridgehead atoms. The fourth-order valence-electron chi connectivity index (χ4n) is 0.413. The predicted octanol–water partition coefficient (Wildman–Crippen LogP) is 0.698. The smallest absolute Gasteiger partial charge is 0.284 e. The van der Waals surface area contributed by atoms with Gasteiger partial charge >= 0.3 is 0 Å². The number of nitrogens with one attached hydrogen (secondary N) is 1. The molecular formula is C4H13N2O2P. The molecule has 1 atom stereocenters. The molecule has 0 amide bonds. The maximum absolute atomic E-state index is 11.2. The van der Waals surface area contributed by atoms with Crippen molar-refractivity contribution in [2.24, 2.45) is 5.84 Å². The zero-order chi connectivity index (χ0) is 7.49. The van der Waals surface area contributed by atoms with Gasteiger partial charge in [-0.05, 0) is 0 Å². The fraction of sp³-hybridized carbons (Fsp3) is 1.00. The van der Waals surface area contributed by atoms with E-state index >= 15 is 0 Å². The molecule has 0 aliphatic rings. The maximum Gasteiger partial charge on any atom is 0.284 e. The van der Waals surface area contributed by atoms with Crippen LogP contribution in [0.5, 0.6) is 0 Å². The molecule has 5 heteroatoms. The Morgan fingerprint density at radius 2 is 2.11 bits per heavy atom. The monoisotopic (exact) mass is 152 g/mol. The second-order valence-electron chi connectivity index (χ2n) is 2.00. The standard InChI is InChI=1S/C4H13N2O2P/c1-4(2)9(7,6-5)8-3/h4H,5H2,1-3H3,(H,6,7). The highest BCUT2D eigenvalue weighted by molar-refractivity contribution is 7.57. The van der Waals surface area contributed by atoms with E-state index in [0.29, 0.717) is 0 Å². The van der Waals surface area contributed by atoms with Crippen molar-refractivity contribution < 1.29 is 9.09 Å². The van der Waals surface area contributed by atoms with Crippen LogP contribution in [0.3, 0.4) is 0 Å². The molecule has 0 radical (unpaired) electrons. The molecule has 0 fully saturated rings. The fourth-order valence-corrected chi connectivity index (χ4v) is 1.24. The van der Waals surface area contributed by atoms with E-state index in [-0.39, 0.29) is 5.66 Å². The second kappa shape index (κ2) is 3.32. The van der Waals surface area contributed by atoms with E-state index in [1.165, 1.54) is 7.11 Å². The zero-order valence-electron chi connectivity index (χ0n) is 5.92. The van der Waals surface area contributed by atoms with Crippen molar-refractivity contribution in [2.45, 2.75) is 19.5 Å². The first kappa shape index (κ1) is 9.11. The quantitative estimate of drug-likeness (QED) is 0.355. The third-order valence-electron chi connectivity index (χ3n) is 1.13. The van der Waals surface area contributed by atoms with E-state index in [9.17, 15) is 4.57 Å². The van der Waals surface area contributed by atoms with Crippen molar-refractivity contribution in [1.29, 1.82) is 0 Å². The molecule has 0 saturated heterocycles. The van der Waals surface area contributed by atoms with E-state index < -0.39 is 7.52 Å². The van der Waals surface area contributed by atoms with Crippen LogP contribution in [0.2, 0.25) is 0 Å². The molecule has 0 rings (SSSR count). The van der Waals surface area contributed by atoms with Gasteiger partial charge in [0.1, 0.15) is 0 Å². The van der Waals surface area contributed by atoms with Crippen molar-refractivity contribution in [3.05, 3.63) is 0 Å². The van der Waals surface area contributed by atoms with Crippen molar-refractivity contribution in [1.82, 2.24) is 5.20 Å². The summed E-state index contributed by atoms with van der Waals surface area (Å²) in [5, 5.41) is 2.16. The Hall–Kier alpha value is 0.110. The minimum absolute atomic E-state index is 0.0764. The molecule has 9 heavy (non-hydrogen) atoms. The number of nitrogens with two attached hydrogens (primary N) is 1. The van der Waals surface area contributed by atoms with Crippen molar-refractivity contribution in [2.75, 3.05) is 7.11 Å². The lowest BCUT2D eigenvalue weighted by Gasteiger charge is -2.17. The second-order valence-corrected chi connectivity index (χ2v) is 4.85. The van der Waals surface area contributed by atoms with E-state index in [2.05, 4.69) is 9.72 Å². The van der Waals surface area contributed by atoms with E-state index in [1.54, 1.807) is 13.8 Å². The Balaban J connectivity index is 4.11. The Labute approximate surface area is 55.2 Å². The highest BCUT2D eigenvalue weighted by Crippen LogP contribution is 2.44. The Morgan fingerprint density at radius 1 is 1.67 bits per heavy atom. The molecule has 56 valence electrons. The summed E-state index contributed by atoms with van der Waals surface area (Å²) in [7, 11) is -1.35. The number of hydrogen-bond donors (Lipinski definition) is 2. The molecule has 4 nitrogen and oxygen atoms in total. The summed E-state index contributed by atoms with van der Waals surface area (Å²) in [6.07, 6.45) is 0. The molecule has 0 aliphatic carbocycles. The van der Waals surface area contributed by atoms with Gasteiger partial charge in [0.2, 0.25) is 0 Å². The first-order chi connectivity index (χ1) is 4.06. The first-order valence-corrected chi connectivity index (χ1v) is 4.39. The van der Waals surface area contributed by atoms with Crippen LogP contribution in [0, 0.1) is 0 Å². The summed E-state index contributed by atoms with van der Waals surface area (Å²) in [6, 6.07) is 0. The lowest BCUT2D eigenvalue weighted by molar-refractivity contribution is 0.375.